The van der Waals surface area contributed by atoms with Crippen LogP contribution in [0.5, 0.6) is 0 Å². The van der Waals surface area contributed by atoms with Gasteiger partial charge in [-0.2, -0.15) is 0 Å². The smallest absolute Gasteiger partial charge is 0.432 e. The van der Waals surface area contributed by atoms with Crippen molar-refractivity contribution in [3.05, 3.63) is 52.0 Å². The van der Waals surface area contributed by atoms with Gasteiger partial charge in [-0.05, 0) is 76.1 Å². The number of ether oxygens (including phenoxy) is 4. The van der Waals surface area contributed by atoms with Gasteiger partial charge in [0.05, 0.1) is 22.8 Å². The Bertz CT molecular complexity index is 1410. The summed E-state index contributed by atoms with van der Waals surface area (Å²) in [6.07, 6.45) is -3.40. The average Bonchev–Trinajstić information content (AvgIpc) is 3.37. The van der Waals surface area contributed by atoms with E-state index in [1.165, 1.54) is 29.6 Å². The summed E-state index contributed by atoms with van der Waals surface area (Å²) < 4.78 is 59.6. The number of benzene rings is 2. The maximum Gasteiger partial charge on any atom is 0.510 e. The van der Waals surface area contributed by atoms with Gasteiger partial charge in [0, 0.05) is 29.3 Å². The number of urea groups is 1. The lowest BCUT2D eigenvalue weighted by molar-refractivity contribution is -0.0300. The molecule has 0 aromatic heterocycles. The monoisotopic (exact) mass is 709 g/mol. The Hall–Kier alpha value is -3.07. The lowest BCUT2D eigenvalue weighted by atomic mass is 10.1. The number of hydrogen-bond acceptors (Lipinski definition) is 11. The predicted molar refractivity (Wildman–Crippen MR) is 167 cm³/mol. The van der Waals surface area contributed by atoms with Crippen molar-refractivity contribution in [2.24, 2.45) is 0 Å². The number of rotatable bonds is 13. The van der Waals surface area contributed by atoms with Crippen molar-refractivity contribution < 1.29 is 51.2 Å². The topological polar surface area (TPSA) is 159 Å². The molecular weight excluding hydrogens is 676 g/mol. The largest absolute Gasteiger partial charge is 0.510 e. The van der Waals surface area contributed by atoms with E-state index in [9.17, 15) is 23.2 Å². The van der Waals surface area contributed by atoms with Crippen molar-refractivity contribution in [3.63, 3.8) is 0 Å². The molecule has 1 unspecified atom stereocenters. The van der Waals surface area contributed by atoms with Crippen LogP contribution in [0.15, 0.2) is 41.3 Å². The van der Waals surface area contributed by atoms with Crippen LogP contribution in [0.4, 0.5) is 25.8 Å². The van der Waals surface area contributed by atoms with Gasteiger partial charge >= 0.3 is 25.9 Å². The summed E-state index contributed by atoms with van der Waals surface area (Å²) in [6.45, 7) is 5.05. The van der Waals surface area contributed by atoms with Crippen molar-refractivity contribution >= 4 is 71.5 Å². The predicted octanol–water partition coefficient (Wildman–Crippen LogP) is 6.45. The molecule has 2 aromatic carbocycles. The number of nitrogens with zero attached hydrogens (tertiary/aromatic N) is 2. The molecule has 1 N–H and O–H groups in total. The van der Waals surface area contributed by atoms with Crippen LogP contribution in [0.25, 0.3) is 0 Å². The molecule has 2 amide bonds. The molecule has 0 saturated carbocycles. The SMILES string of the molecule is CNC(=O)N1CCc2cc(N(CP(=O)(OCOC(=O)OC(C)C)OCOC(=O)OC(C)C)S(=O)c3cc(Cl)cc(Cl)c3)ccc21. The molecule has 1 atom stereocenters. The Labute approximate surface area is 273 Å². The highest BCUT2D eigenvalue weighted by Crippen LogP contribution is 2.50. The molecule has 0 aliphatic carbocycles. The summed E-state index contributed by atoms with van der Waals surface area (Å²) in [5, 5.41) is 2.99. The second-order valence-electron chi connectivity index (χ2n) is 9.87. The number of carbonyl (C=O) groups excluding carboxylic acids is 3. The number of carbonyl (C=O) groups is 3. The molecular formula is C27H34Cl2N3O11PS. The van der Waals surface area contributed by atoms with Crippen LogP contribution in [-0.4, -0.2) is 68.2 Å². The third-order valence-corrected chi connectivity index (χ3v) is 9.40. The molecule has 1 aliphatic rings. The fourth-order valence-corrected chi connectivity index (χ4v) is 7.57. The standard InChI is InChI=1S/C27H34Cl2N3O11PS/c1-17(2)42-26(34)38-15-40-44(36,41-16-39-27(35)43-18(3)4)14-32(45(37)23-12-20(28)11-21(29)13-23)22-6-7-24-19(10-22)8-9-31(24)25(33)30-5/h6-7,10-13,17-18H,8-9,14-16H2,1-5H3,(H,30,33). The first kappa shape index (κ1) is 36.4. The van der Waals surface area contributed by atoms with Crippen molar-refractivity contribution in [1.82, 2.24) is 5.32 Å². The molecule has 1 heterocycles. The molecule has 0 radical (unpaired) electrons. The van der Waals surface area contributed by atoms with Crippen molar-refractivity contribution in [2.75, 3.05) is 42.7 Å². The zero-order chi connectivity index (χ0) is 33.3. The van der Waals surface area contributed by atoms with Gasteiger partial charge in [-0.25, -0.2) is 18.6 Å². The van der Waals surface area contributed by atoms with Crippen molar-refractivity contribution in [2.45, 2.75) is 51.2 Å². The van der Waals surface area contributed by atoms with E-state index < -0.39 is 63.0 Å². The Balaban J connectivity index is 1.97. The summed E-state index contributed by atoms with van der Waals surface area (Å²) in [5.41, 5.74) is 1.69. The van der Waals surface area contributed by atoms with E-state index in [4.69, 9.17) is 51.2 Å². The summed E-state index contributed by atoms with van der Waals surface area (Å²) in [4.78, 5) is 37.8. The van der Waals surface area contributed by atoms with E-state index in [1.54, 1.807) is 50.8 Å². The van der Waals surface area contributed by atoms with E-state index in [1.807, 2.05) is 0 Å². The average molecular weight is 711 g/mol. The number of amides is 2. The van der Waals surface area contributed by atoms with Crippen LogP contribution in [0, 0.1) is 0 Å². The van der Waals surface area contributed by atoms with Gasteiger partial charge in [-0.15, -0.1) is 0 Å². The van der Waals surface area contributed by atoms with Crippen molar-refractivity contribution in [3.8, 4) is 0 Å². The molecule has 3 rings (SSSR count). The first-order chi connectivity index (χ1) is 21.2. The van der Waals surface area contributed by atoms with Crippen LogP contribution >= 0.6 is 30.8 Å². The van der Waals surface area contributed by atoms with E-state index in [0.717, 1.165) is 5.56 Å². The maximum absolute atomic E-state index is 14.1. The molecule has 0 bridgehead atoms. The van der Waals surface area contributed by atoms with E-state index in [0.29, 0.717) is 24.3 Å². The molecule has 0 fully saturated rings. The third-order valence-electron chi connectivity index (χ3n) is 5.76. The lowest BCUT2D eigenvalue weighted by Crippen LogP contribution is -2.36. The molecule has 14 nitrogen and oxygen atoms in total. The van der Waals surface area contributed by atoms with Crippen LogP contribution in [0.2, 0.25) is 10.0 Å². The van der Waals surface area contributed by atoms with Crippen molar-refractivity contribution in [1.29, 1.82) is 0 Å². The first-order valence-electron chi connectivity index (χ1n) is 13.5. The minimum absolute atomic E-state index is 0.153. The highest BCUT2D eigenvalue weighted by atomic mass is 35.5. The van der Waals surface area contributed by atoms with Crippen LogP contribution in [0.3, 0.4) is 0 Å². The Morgan fingerprint density at radius 2 is 1.51 bits per heavy atom. The fourth-order valence-electron chi connectivity index (χ4n) is 3.91. The van der Waals surface area contributed by atoms with E-state index in [-0.39, 0.29) is 21.0 Å². The Morgan fingerprint density at radius 1 is 0.956 bits per heavy atom. The van der Waals surface area contributed by atoms with E-state index >= 15 is 0 Å². The zero-order valence-electron chi connectivity index (χ0n) is 25.2. The highest BCUT2D eigenvalue weighted by Gasteiger charge is 2.34. The summed E-state index contributed by atoms with van der Waals surface area (Å²) in [6, 6.07) is 8.90. The van der Waals surface area contributed by atoms with Crippen LogP contribution < -0.4 is 14.5 Å². The zero-order valence-corrected chi connectivity index (χ0v) is 28.4. The quantitative estimate of drug-likeness (QED) is 0.138. The molecule has 2 aromatic rings. The minimum Gasteiger partial charge on any atom is -0.432 e. The van der Waals surface area contributed by atoms with E-state index in [2.05, 4.69) is 5.32 Å². The fraction of sp³-hybridized carbons (Fsp3) is 0.444. The van der Waals surface area contributed by atoms with Gasteiger partial charge in [0.2, 0.25) is 13.6 Å². The van der Waals surface area contributed by atoms with Crippen LogP contribution in [-0.2, 0) is 50.0 Å². The molecule has 18 heteroatoms. The Morgan fingerprint density at radius 3 is 2.02 bits per heavy atom. The van der Waals surface area contributed by atoms with Crippen LogP contribution in [0.1, 0.15) is 33.3 Å². The second-order valence-corrected chi connectivity index (χ2v) is 14.2. The number of fused-ring (bicyclic) bond motifs is 1. The maximum atomic E-state index is 14.1. The molecule has 1 aliphatic heterocycles. The van der Waals surface area contributed by atoms with Gasteiger partial charge in [-0.1, -0.05) is 23.2 Å². The number of halogens is 2. The van der Waals surface area contributed by atoms with Gasteiger partial charge < -0.3 is 24.3 Å². The van der Waals surface area contributed by atoms with Gasteiger partial charge in [0.15, 0.2) is 11.0 Å². The number of hydrogen-bond donors (Lipinski definition) is 1. The summed E-state index contributed by atoms with van der Waals surface area (Å²) in [7, 11) is -5.05. The first-order valence-corrected chi connectivity index (χ1v) is 17.1. The number of anilines is 2. The number of nitrogens with one attached hydrogen (secondary N) is 1. The highest BCUT2D eigenvalue weighted by molar-refractivity contribution is 7.87. The van der Waals surface area contributed by atoms with Gasteiger partial charge in [0.1, 0.15) is 6.29 Å². The normalized spacial score (nSPS) is 13.3. The Kier molecular flexibility index (Phi) is 13.3. The minimum atomic E-state index is -4.45. The van der Waals surface area contributed by atoms with Gasteiger partial charge in [0.25, 0.3) is 0 Å². The summed E-state index contributed by atoms with van der Waals surface area (Å²) >= 11 is 12.4. The van der Waals surface area contributed by atoms with Gasteiger partial charge in [-0.3, -0.25) is 22.8 Å². The third kappa shape index (κ3) is 10.8. The summed E-state index contributed by atoms with van der Waals surface area (Å²) in [5.74, 6) is 0. The molecule has 248 valence electrons. The lowest BCUT2D eigenvalue weighted by Gasteiger charge is -2.28. The molecule has 0 spiro atoms. The molecule has 45 heavy (non-hydrogen) atoms. The second kappa shape index (κ2) is 16.5. The molecule has 0 saturated heterocycles.